The molecule has 0 aliphatic rings. The lowest BCUT2D eigenvalue weighted by Gasteiger charge is -2.19. The first kappa shape index (κ1) is 13.8. The highest BCUT2D eigenvalue weighted by Gasteiger charge is 2.22. The summed E-state index contributed by atoms with van der Waals surface area (Å²) in [5.41, 5.74) is 0.518. The number of hydrogen-bond acceptors (Lipinski definition) is 4. The van der Waals surface area contributed by atoms with Crippen LogP contribution in [0.25, 0.3) is 10.8 Å². The van der Waals surface area contributed by atoms with E-state index >= 15 is 0 Å². The fraction of sp³-hybridized carbons (Fsp3) is 0.267. The van der Waals surface area contributed by atoms with Crippen molar-refractivity contribution in [2.75, 3.05) is 5.32 Å². The van der Waals surface area contributed by atoms with Crippen molar-refractivity contribution < 1.29 is 9.90 Å². The first-order chi connectivity index (χ1) is 9.52. The number of aliphatic carboxylic acids is 1. The van der Waals surface area contributed by atoms with E-state index in [-0.39, 0.29) is 5.92 Å². The lowest BCUT2D eigenvalue weighted by Crippen LogP contribution is -2.34. The molecule has 0 spiro atoms. The van der Waals surface area contributed by atoms with Crippen molar-refractivity contribution in [1.82, 2.24) is 4.98 Å². The van der Waals surface area contributed by atoms with Gasteiger partial charge in [0.1, 0.15) is 11.9 Å². The zero-order chi connectivity index (χ0) is 14.7. The summed E-state index contributed by atoms with van der Waals surface area (Å²) in [6, 6.07) is 8.44. The van der Waals surface area contributed by atoms with Gasteiger partial charge in [0.25, 0.3) is 0 Å². The topological polar surface area (TPSA) is 86.0 Å². The van der Waals surface area contributed by atoms with Crippen molar-refractivity contribution in [3.63, 3.8) is 0 Å². The lowest BCUT2D eigenvalue weighted by atomic mass is 10.0. The SMILES string of the molecule is CC(C)C(Nc1nccc2ccc(C#N)cc12)C(=O)O. The minimum absolute atomic E-state index is 0.0799. The molecule has 0 aliphatic heterocycles. The van der Waals surface area contributed by atoms with Gasteiger partial charge >= 0.3 is 5.97 Å². The zero-order valence-corrected chi connectivity index (χ0v) is 11.3. The summed E-state index contributed by atoms with van der Waals surface area (Å²) < 4.78 is 0. The Bertz CT molecular complexity index is 689. The van der Waals surface area contributed by atoms with Gasteiger partial charge in [-0.15, -0.1) is 0 Å². The molecular weight excluding hydrogens is 254 g/mol. The summed E-state index contributed by atoms with van der Waals surface area (Å²) >= 11 is 0. The van der Waals surface area contributed by atoms with Gasteiger partial charge in [-0.3, -0.25) is 0 Å². The van der Waals surface area contributed by atoms with E-state index < -0.39 is 12.0 Å². The first-order valence-corrected chi connectivity index (χ1v) is 6.31. The summed E-state index contributed by atoms with van der Waals surface area (Å²) in [6.45, 7) is 3.66. The Hall–Kier alpha value is -2.61. The van der Waals surface area contributed by atoms with Crippen LogP contribution in [0, 0.1) is 17.2 Å². The third-order valence-corrected chi connectivity index (χ3v) is 3.12. The van der Waals surface area contributed by atoms with E-state index in [1.165, 1.54) is 0 Å². The number of aromatic nitrogens is 1. The molecule has 0 saturated carbocycles. The van der Waals surface area contributed by atoms with E-state index in [1.54, 1.807) is 18.3 Å². The Labute approximate surface area is 116 Å². The third kappa shape index (κ3) is 2.69. The molecule has 2 N–H and O–H groups in total. The van der Waals surface area contributed by atoms with Crippen molar-refractivity contribution >= 4 is 22.6 Å². The van der Waals surface area contributed by atoms with Crippen LogP contribution in [0.3, 0.4) is 0 Å². The minimum Gasteiger partial charge on any atom is -0.480 e. The Morgan fingerprint density at radius 1 is 1.40 bits per heavy atom. The normalized spacial score (nSPS) is 12.1. The standard InChI is InChI=1S/C15H15N3O2/c1-9(2)13(15(19)20)18-14-12-7-10(8-16)3-4-11(12)5-6-17-14/h3-7,9,13H,1-2H3,(H,17,18)(H,19,20). The van der Waals surface area contributed by atoms with Gasteiger partial charge in [0.15, 0.2) is 0 Å². The van der Waals surface area contributed by atoms with Gasteiger partial charge in [0.2, 0.25) is 0 Å². The second kappa shape index (κ2) is 5.57. The fourth-order valence-corrected chi connectivity index (χ4v) is 2.01. The van der Waals surface area contributed by atoms with Crippen LogP contribution < -0.4 is 5.32 Å². The Kier molecular flexibility index (Phi) is 3.85. The second-order valence-electron chi connectivity index (χ2n) is 4.91. The molecule has 5 nitrogen and oxygen atoms in total. The van der Waals surface area contributed by atoms with Gasteiger partial charge in [0, 0.05) is 11.6 Å². The number of nitrogens with zero attached hydrogens (tertiary/aromatic N) is 2. The summed E-state index contributed by atoms with van der Waals surface area (Å²) in [7, 11) is 0. The number of carboxylic acid groups (broad SMARTS) is 1. The number of nitrogens with one attached hydrogen (secondary N) is 1. The van der Waals surface area contributed by atoms with Crippen molar-refractivity contribution in [3.05, 3.63) is 36.0 Å². The van der Waals surface area contributed by atoms with Crippen LogP contribution in [-0.2, 0) is 4.79 Å². The molecule has 2 rings (SSSR count). The number of pyridine rings is 1. The molecule has 0 fully saturated rings. The van der Waals surface area contributed by atoms with Crippen LogP contribution in [0.2, 0.25) is 0 Å². The molecule has 1 unspecified atom stereocenters. The number of carboxylic acids is 1. The van der Waals surface area contributed by atoms with Crippen LogP contribution in [-0.4, -0.2) is 22.1 Å². The molecular formula is C15H15N3O2. The maximum absolute atomic E-state index is 11.3. The number of fused-ring (bicyclic) bond motifs is 1. The van der Waals surface area contributed by atoms with E-state index in [4.69, 9.17) is 5.26 Å². The van der Waals surface area contributed by atoms with Crippen molar-refractivity contribution in [2.45, 2.75) is 19.9 Å². The van der Waals surface area contributed by atoms with E-state index in [2.05, 4.69) is 16.4 Å². The molecule has 0 bridgehead atoms. The Morgan fingerprint density at radius 3 is 2.75 bits per heavy atom. The second-order valence-corrected chi connectivity index (χ2v) is 4.91. The summed E-state index contributed by atoms with van der Waals surface area (Å²) in [5, 5.41) is 22.8. The first-order valence-electron chi connectivity index (χ1n) is 6.31. The molecule has 0 amide bonds. The Balaban J connectivity index is 2.48. The maximum atomic E-state index is 11.3. The smallest absolute Gasteiger partial charge is 0.326 e. The average molecular weight is 269 g/mol. The van der Waals surface area contributed by atoms with Crippen molar-refractivity contribution in [2.24, 2.45) is 5.92 Å². The highest BCUT2D eigenvalue weighted by Crippen LogP contribution is 2.23. The van der Waals surface area contributed by atoms with Crippen LogP contribution in [0.15, 0.2) is 30.5 Å². The fourth-order valence-electron chi connectivity index (χ4n) is 2.01. The van der Waals surface area contributed by atoms with Crippen molar-refractivity contribution in [1.29, 1.82) is 5.26 Å². The molecule has 2 aromatic rings. The highest BCUT2D eigenvalue weighted by molar-refractivity contribution is 5.94. The van der Waals surface area contributed by atoms with Gasteiger partial charge in [-0.1, -0.05) is 19.9 Å². The number of benzene rings is 1. The molecule has 0 saturated heterocycles. The van der Waals surface area contributed by atoms with Crippen LogP contribution in [0.1, 0.15) is 19.4 Å². The van der Waals surface area contributed by atoms with E-state index in [9.17, 15) is 9.90 Å². The predicted molar refractivity (Wildman–Crippen MR) is 76.3 cm³/mol. The highest BCUT2D eigenvalue weighted by atomic mass is 16.4. The van der Waals surface area contributed by atoms with E-state index in [1.807, 2.05) is 26.0 Å². The van der Waals surface area contributed by atoms with Gasteiger partial charge in [-0.2, -0.15) is 5.26 Å². The quantitative estimate of drug-likeness (QED) is 0.891. The van der Waals surface area contributed by atoms with Crippen LogP contribution in [0.5, 0.6) is 0 Å². The molecule has 5 heteroatoms. The van der Waals surface area contributed by atoms with Gasteiger partial charge in [-0.25, -0.2) is 9.78 Å². The summed E-state index contributed by atoms with van der Waals surface area (Å²) in [5.74, 6) is -0.514. The molecule has 1 aromatic heterocycles. The van der Waals surface area contributed by atoms with Crippen molar-refractivity contribution in [3.8, 4) is 6.07 Å². The minimum atomic E-state index is -0.921. The summed E-state index contributed by atoms with van der Waals surface area (Å²) in [4.78, 5) is 15.5. The average Bonchev–Trinajstić information content (AvgIpc) is 2.43. The Morgan fingerprint density at radius 2 is 2.15 bits per heavy atom. The van der Waals surface area contributed by atoms with Gasteiger partial charge in [-0.05, 0) is 29.5 Å². The number of nitriles is 1. The monoisotopic (exact) mass is 269 g/mol. The van der Waals surface area contributed by atoms with Gasteiger partial charge in [0.05, 0.1) is 11.6 Å². The molecule has 1 aromatic carbocycles. The molecule has 0 aliphatic carbocycles. The number of carbonyl (C=O) groups is 1. The molecule has 1 heterocycles. The molecule has 20 heavy (non-hydrogen) atoms. The number of hydrogen-bond donors (Lipinski definition) is 2. The van der Waals surface area contributed by atoms with E-state index in [0.29, 0.717) is 11.4 Å². The van der Waals surface area contributed by atoms with E-state index in [0.717, 1.165) is 10.8 Å². The molecule has 1 atom stereocenters. The molecule has 102 valence electrons. The number of rotatable bonds is 4. The third-order valence-electron chi connectivity index (χ3n) is 3.12. The molecule has 0 radical (unpaired) electrons. The van der Waals surface area contributed by atoms with Gasteiger partial charge < -0.3 is 10.4 Å². The van der Waals surface area contributed by atoms with Crippen LogP contribution >= 0.6 is 0 Å². The summed E-state index contributed by atoms with van der Waals surface area (Å²) in [6.07, 6.45) is 1.62. The maximum Gasteiger partial charge on any atom is 0.326 e. The largest absolute Gasteiger partial charge is 0.480 e. The predicted octanol–water partition coefficient (Wildman–Crippen LogP) is 2.63. The van der Waals surface area contributed by atoms with Crippen LogP contribution in [0.4, 0.5) is 5.82 Å². The zero-order valence-electron chi connectivity index (χ0n) is 11.3. The number of anilines is 1. The lowest BCUT2D eigenvalue weighted by molar-refractivity contribution is -0.138.